The van der Waals surface area contributed by atoms with Crippen molar-refractivity contribution in [3.05, 3.63) is 59.7 Å². The number of amides is 1. The van der Waals surface area contributed by atoms with Crippen LogP contribution in [0.5, 0.6) is 17.2 Å². The van der Waals surface area contributed by atoms with Gasteiger partial charge in [0.2, 0.25) is 0 Å². The number of ether oxygens (including phenoxy) is 2. The zero-order valence-electron chi connectivity index (χ0n) is 21.7. The molecule has 2 aromatic carbocycles. The van der Waals surface area contributed by atoms with Gasteiger partial charge in [0.25, 0.3) is 5.91 Å². The first-order valence-electron chi connectivity index (χ1n) is 11.6. The number of aliphatic hydroxyl groups excluding tert-OH is 2. The summed E-state index contributed by atoms with van der Waals surface area (Å²) in [4.78, 5) is 24.2. The minimum atomic E-state index is -4.88. The van der Waals surface area contributed by atoms with E-state index in [0.717, 1.165) is 20.3 Å². The van der Waals surface area contributed by atoms with Gasteiger partial charge in [0, 0.05) is 31.3 Å². The Morgan fingerprint density at radius 2 is 1.69 bits per heavy atom. The Balaban J connectivity index is 2.23. The Bertz CT molecular complexity index is 1280. The number of rotatable bonds is 11. The maximum Gasteiger partial charge on any atom is 0.423 e. The molecule has 1 amide bonds. The zero-order chi connectivity index (χ0) is 28.7. The summed E-state index contributed by atoms with van der Waals surface area (Å²) >= 11 is 0. The van der Waals surface area contributed by atoms with E-state index in [1.807, 2.05) is 0 Å². The second kappa shape index (κ2) is 12.5. The fourth-order valence-electron chi connectivity index (χ4n) is 3.75. The lowest BCUT2D eigenvalue weighted by Crippen LogP contribution is -2.28. The zero-order valence-corrected chi connectivity index (χ0v) is 21.7. The first kappa shape index (κ1) is 29.3. The van der Waals surface area contributed by atoms with Gasteiger partial charge in [0.05, 0.1) is 39.0 Å². The number of aliphatic hydroxyl groups is 2. The highest BCUT2D eigenvalue weighted by Crippen LogP contribution is 2.52. The summed E-state index contributed by atoms with van der Waals surface area (Å²) in [6, 6.07) is 11.3. The molecule has 1 aromatic heterocycles. The lowest BCUT2D eigenvalue weighted by Gasteiger charge is -2.25. The van der Waals surface area contributed by atoms with Crippen molar-refractivity contribution in [1.29, 1.82) is 0 Å². The summed E-state index contributed by atoms with van der Waals surface area (Å²) < 4.78 is 53.0. The number of nitrogens with one attached hydrogen (secondary N) is 2. The molecule has 210 valence electrons. The smallest absolute Gasteiger partial charge is 0.423 e. The van der Waals surface area contributed by atoms with E-state index in [1.165, 1.54) is 12.1 Å². The number of halogens is 3. The number of aromatic nitrogens is 1. The van der Waals surface area contributed by atoms with Crippen molar-refractivity contribution in [3.63, 3.8) is 0 Å². The van der Waals surface area contributed by atoms with Crippen LogP contribution in [0, 0.1) is 0 Å². The first-order chi connectivity index (χ1) is 18.5. The molecule has 0 saturated carbocycles. The molecule has 39 heavy (non-hydrogen) atoms. The number of methoxy groups -OCH3 is 2. The number of hydroxylamine groups is 1. The highest BCUT2D eigenvalue weighted by Gasteiger charge is 2.41. The third-order valence-electron chi connectivity index (χ3n) is 5.57. The minimum Gasteiger partial charge on any atom is -0.496 e. The van der Waals surface area contributed by atoms with Gasteiger partial charge >= 0.3 is 6.18 Å². The standard InChI is InChI=1S/C26H29F3N4O6/c1-33(2)24-17(10-11-20(31-24)30-16(13-34)14-35)21-18(39-32-25(36)15-8-6-5-7-9-15)12-19(37-3)22(23(21)38-4)26(27,28)29/h5-12,16,34-35H,13-14H2,1-4H3,(H,30,31)(H,32,36). The maximum absolute atomic E-state index is 14.2. The minimum absolute atomic E-state index is 0.150. The van der Waals surface area contributed by atoms with Crippen molar-refractivity contribution in [1.82, 2.24) is 10.5 Å². The highest BCUT2D eigenvalue weighted by molar-refractivity contribution is 5.94. The van der Waals surface area contributed by atoms with E-state index in [0.29, 0.717) is 0 Å². The topological polar surface area (TPSA) is 125 Å². The first-order valence-corrected chi connectivity index (χ1v) is 11.6. The fourth-order valence-corrected chi connectivity index (χ4v) is 3.75. The van der Waals surface area contributed by atoms with E-state index < -0.39 is 35.2 Å². The summed E-state index contributed by atoms with van der Waals surface area (Å²) in [5.74, 6) is -1.58. The van der Waals surface area contributed by atoms with Gasteiger partial charge in [0.1, 0.15) is 28.7 Å². The Morgan fingerprint density at radius 3 is 2.23 bits per heavy atom. The van der Waals surface area contributed by atoms with Gasteiger partial charge in [-0.1, -0.05) is 18.2 Å². The molecule has 3 rings (SSSR count). The second-order valence-electron chi connectivity index (χ2n) is 8.43. The molecule has 0 spiro atoms. The number of nitrogens with zero attached hydrogens (tertiary/aromatic N) is 2. The molecule has 0 aliphatic heterocycles. The number of benzene rings is 2. The predicted molar refractivity (Wildman–Crippen MR) is 138 cm³/mol. The van der Waals surface area contributed by atoms with Crippen LogP contribution in [0.2, 0.25) is 0 Å². The van der Waals surface area contributed by atoms with E-state index in [-0.39, 0.29) is 47.3 Å². The van der Waals surface area contributed by atoms with E-state index in [9.17, 15) is 28.2 Å². The number of anilines is 2. The van der Waals surface area contributed by atoms with Crippen LogP contribution in [-0.4, -0.2) is 68.7 Å². The van der Waals surface area contributed by atoms with E-state index in [4.69, 9.17) is 14.3 Å². The molecule has 1 heterocycles. The monoisotopic (exact) mass is 550 g/mol. The molecule has 0 bridgehead atoms. The summed E-state index contributed by atoms with van der Waals surface area (Å²) in [6.45, 7) is -0.755. The average molecular weight is 551 g/mol. The van der Waals surface area contributed by atoms with Crippen LogP contribution in [0.25, 0.3) is 11.1 Å². The van der Waals surface area contributed by atoms with Crippen LogP contribution in [0.1, 0.15) is 15.9 Å². The Morgan fingerprint density at radius 1 is 1.03 bits per heavy atom. The van der Waals surface area contributed by atoms with E-state index >= 15 is 0 Å². The third kappa shape index (κ3) is 6.62. The summed E-state index contributed by atoms with van der Waals surface area (Å²) in [5, 5.41) is 21.6. The number of alkyl halides is 3. The quantitative estimate of drug-likeness (QED) is 0.266. The molecule has 0 fully saturated rings. The molecule has 0 aliphatic carbocycles. The summed E-state index contributed by atoms with van der Waals surface area (Å²) in [7, 11) is 5.40. The van der Waals surface area contributed by atoms with Crippen molar-refractivity contribution in [2.75, 3.05) is 51.7 Å². The van der Waals surface area contributed by atoms with Gasteiger partial charge in [-0.3, -0.25) is 4.79 Å². The third-order valence-corrected chi connectivity index (χ3v) is 5.57. The normalized spacial score (nSPS) is 11.2. The van der Waals surface area contributed by atoms with Gasteiger partial charge in [-0.25, -0.2) is 4.98 Å². The largest absolute Gasteiger partial charge is 0.496 e. The summed E-state index contributed by atoms with van der Waals surface area (Å²) in [5.41, 5.74) is 1.35. The molecule has 0 aliphatic rings. The maximum atomic E-state index is 14.2. The molecule has 0 radical (unpaired) electrons. The van der Waals surface area contributed by atoms with Crippen LogP contribution in [0.4, 0.5) is 24.8 Å². The fraction of sp³-hybridized carbons (Fsp3) is 0.308. The van der Waals surface area contributed by atoms with Crippen LogP contribution >= 0.6 is 0 Å². The lowest BCUT2D eigenvalue weighted by atomic mass is 9.98. The number of hydrogen-bond acceptors (Lipinski definition) is 9. The van der Waals surface area contributed by atoms with Gasteiger partial charge in [-0.05, 0) is 24.3 Å². The molecular weight excluding hydrogens is 521 g/mol. The van der Waals surface area contributed by atoms with Gasteiger partial charge in [-0.15, -0.1) is 0 Å². The Kier molecular flexibility index (Phi) is 9.43. The number of carbonyl (C=O) groups is 1. The molecule has 3 aromatic rings. The van der Waals surface area contributed by atoms with E-state index in [2.05, 4.69) is 15.8 Å². The molecule has 10 nitrogen and oxygen atoms in total. The van der Waals surface area contributed by atoms with Gasteiger partial charge in [0.15, 0.2) is 5.75 Å². The average Bonchev–Trinajstić information content (AvgIpc) is 2.93. The number of carbonyl (C=O) groups excluding carboxylic acids is 1. The summed E-state index contributed by atoms with van der Waals surface area (Å²) in [6.07, 6.45) is -4.88. The van der Waals surface area contributed by atoms with Crippen molar-refractivity contribution in [3.8, 4) is 28.4 Å². The lowest BCUT2D eigenvalue weighted by molar-refractivity contribution is -0.139. The highest BCUT2D eigenvalue weighted by atomic mass is 19.4. The molecule has 13 heteroatoms. The predicted octanol–water partition coefficient (Wildman–Crippen LogP) is 3.34. The van der Waals surface area contributed by atoms with Crippen molar-refractivity contribution in [2.45, 2.75) is 12.2 Å². The van der Waals surface area contributed by atoms with Crippen molar-refractivity contribution in [2.24, 2.45) is 0 Å². The van der Waals surface area contributed by atoms with Gasteiger partial charge < -0.3 is 34.7 Å². The molecule has 0 saturated heterocycles. The Labute approximate surface area is 222 Å². The molecule has 0 atom stereocenters. The van der Waals surface area contributed by atoms with Crippen LogP contribution in [-0.2, 0) is 6.18 Å². The van der Waals surface area contributed by atoms with Crippen molar-refractivity contribution < 1.29 is 42.5 Å². The molecular formula is C26H29F3N4O6. The number of hydrogen-bond donors (Lipinski definition) is 4. The van der Waals surface area contributed by atoms with Gasteiger partial charge in [-0.2, -0.15) is 18.7 Å². The SMILES string of the molecule is COc1cc(ONC(=O)c2ccccc2)c(-c2ccc(NC(CO)CO)nc2N(C)C)c(OC)c1C(F)(F)F. The van der Waals surface area contributed by atoms with Crippen molar-refractivity contribution >= 4 is 17.5 Å². The number of pyridine rings is 1. The second-order valence-corrected chi connectivity index (χ2v) is 8.43. The molecule has 0 unspecified atom stereocenters. The Hall–Kier alpha value is -4.23. The van der Waals surface area contributed by atoms with Crippen LogP contribution in [0.3, 0.4) is 0 Å². The van der Waals surface area contributed by atoms with E-state index in [1.54, 1.807) is 49.3 Å². The van der Waals surface area contributed by atoms with Crippen LogP contribution in [0.15, 0.2) is 48.5 Å². The molecule has 4 N–H and O–H groups in total. The van der Waals surface area contributed by atoms with Crippen LogP contribution < -0.4 is 30.0 Å².